The topological polar surface area (TPSA) is 125 Å². The highest BCUT2D eigenvalue weighted by atomic mass is 16.1. The Bertz CT molecular complexity index is 854. The number of carbonyl (C=O) groups excluding carboxylic acids is 2. The second-order valence-corrected chi connectivity index (χ2v) is 7.39. The molecule has 0 aliphatic heterocycles. The van der Waals surface area contributed by atoms with Crippen LogP contribution in [0.1, 0.15) is 42.5 Å². The van der Waals surface area contributed by atoms with Crippen molar-refractivity contribution in [1.29, 1.82) is 0 Å². The van der Waals surface area contributed by atoms with Crippen molar-refractivity contribution >= 4 is 29.6 Å². The van der Waals surface area contributed by atoms with E-state index in [4.69, 9.17) is 5.73 Å². The van der Waals surface area contributed by atoms with Crippen LogP contribution in [0, 0.1) is 0 Å². The molecular weight excluding hydrogens is 394 g/mol. The van der Waals surface area contributed by atoms with Gasteiger partial charge in [-0.25, -0.2) is 9.97 Å². The van der Waals surface area contributed by atoms with Crippen LogP contribution in [0.4, 0.5) is 17.3 Å². The summed E-state index contributed by atoms with van der Waals surface area (Å²) in [7, 11) is 5.69. The fourth-order valence-corrected chi connectivity index (χ4v) is 2.53. The number of carbonyl (C=O) groups is 2. The SMILES string of the molecule is CCc1nc(C(N)=O)c(Nc2cccc(CCNC=O)c2)nc1N(C)C.CNC(C)C. The van der Waals surface area contributed by atoms with Gasteiger partial charge in [-0.2, -0.15) is 0 Å². The minimum Gasteiger partial charge on any atom is -0.364 e. The molecule has 0 spiro atoms. The number of hydrogen-bond donors (Lipinski definition) is 4. The van der Waals surface area contributed by atoms with Crippen LogP contribution in [-0.4, -0.2) is 56.0 Å². The van der Waals surface area contributed by atoms with Crippen LogP contribution >= 0.6 is 0 Å². The van der Waals surface area contributed by atoms with Gasteiger partial charge in [-0.3, -0.25) is 9.59 Å². The minimum absolute atomic E-state index is 0.112. The lowest BCUT2D eigenvalue weighted by Gasteiger charge is -2.18. The molecule has 9 heteroatoms. The molecular formula is C22H35N7O2. The molecule has 0 unspecified atom stereocenters. The van der Waals surface area contributed by atoms with Crippen molar-refractivity contribution in [3.05, 3.63) is 41.2 Å². The number of nitrogens with zero attached hydrogens (tertiary/aromatic N) is 3. The van der Waals surface area contributed by atoms with E-state index in [1.165, 1.54) is 0 Å². The zero-order valence-electron chi connectivity index (χ0n) is 19.3. The van der Waals surface area contributed by atoms with Crippen molar-refractivity contribution in [2.24, 2.45) is 5.73 Å². The summed E-state index contributed by atoms with van der Waals surface area (Å²) in [4.78, 5) is 33.0. The lowest BCUT2D eigenvalue weighted by Crippen LogP contribution is -2.21. The summed E-state index contributed by atoms with van der Waals surface area (Å²) in [6.45, 7) is 6.72. The Morgan fingerprint density at radius 1 is 1.26 bits per heavy atom. The molecule has 2 rings (SSSR count). The summed E-state index contributed by atoms with van der Waals surface area (Å²) < 4.78 is 0. The van der Waals surface area contributed by atoms with Crippen molar-refractivity contribution in [2.45, 2.75) is 39.7 Å². The van der Waals surface area contributed by atoms with Gasteiger partial charge >= 0.3 is 0 Å². The molecule has 1 aromatic heterocycles. The second kappa shape index (κ2) is 13.2. The Morgan fingerprint density at radius 3 is 2.45 bits per heavy atom. The van der Waals surface area contributed by atoms with Crippen LogP contribution in [0.25, 0.3) is 0 Å². The number of rotatable bonds is 10. The second-order valence-electron chi connectivity index (χ2n) is 7.39. The highest BCUT2D eigenvalue weighted by Crippen LogP contribution is 2.24. The maximum atomic E-state index is 11.8. The predicted octanol–water partition coefficient (Wildman–Crippen LogP) is 1.85. The van der Waals surface area contributed by atoms with Gasteiger partial charge in [0.25, 0.3) is 5.91 Å². The Hall–Kier alpha value is -3.20. The van der Waals surface area contributed by atoms with Crippen LogP contribution in [0.2, 0.25) is 0 Å². The van der Waals surface area contributed by atoms with Gasteiger partial charge in [-0.15, -0.1) is 0 Å². The lowest BCUT2D eigenvalue weighted by molar-refractivity contribution is -0.109. The van der Waals surface area contributed by atoms with Crippen LogP contribution in [0.5, 0.6) is 0 Å². The molecule has 0 atom stereocenters. The summed E-state index contributed by atoms with van der Waals surface area (Å²) in [5.74, 6) is 0.374. The summed E-state index contributed by atoms with van der Waals surface area (Å²) in [6.07, 6.45) is 2.01. The quantitative estimate of drug-likeness (QED) is 0.335. The maximum Gasteiger partial charge on any atom is 0.271 e. The standard InChI is InChI=1S/C18H24N6O2.C4H11N/c1-4-14-18(24(2)3)23-17(15(22-14)16(19)26)21-13-7-5-6-12(10-13)8-9-20-11-25;1-4(2)5-3/h5-7,10-11H,4,8-9H2,1-3H3,(H2,19,26)(H,20,25)(H,21,23);4-5H,1-3H3. The lowest BCUT2D eigenvalue weighted by atomic mass is 10.1. The fourth-order valence-electron chi connectivity index (χ4n) is 2.53. The highest BCUT2D eigenvalue weighted by molar-refractivity contribution is 5.96. The molecule has 0 aliphatic rings. The fraction of sp³-hybridized carbons (Fsp3) is 0.455. The number of aromatic nitrogens is 2. The van der Waals surface area contributed by atoms with Crippen LogP contribution < -0.4 is 26.6 Å². The van der Waals surface area contributed by atoms with Gasteiger partial charge < -0.3 is 26.6 Å². The monoisotopic (exact) mass is 429 g/mol. The molecule has 2 amide bonds. The van der Waals surface area contributed by atoms with E-state index in [2.05, 4.69) is 39.8 Å². The summed E-state index contributed by atoms with van der Waals surface area (Å²) in [5.41, 5.74) is 8.12. The molecule has 0 fully saturated rings. The third-order valence-electron chi connectivity index (χ3n) is 4.35. The third kappa shape index (κ3) is 8.59. The summed E-state index contributed by atoms with van der Waals surface area (Å²) in [6, 6.07) is 8.29. The molecule has 2 aromatic rings. The van der Waals surface area contributed by atoms with Crippen LogP contribution in [0.3, 0.4) is 0 Å². The van der Waals surface area contributed by atoms with Crippen molar-refractivity contribution in [1.82, 2.24) is 20.6 Å². The van der Waals surface area contributed by atoms with E-state index in [1.54, 1.807) is 0 Å². The Labute approximate surface area is 184 Å². The number of nitrogens with two attached hydrogens (primary N) is 1. The first-order valence-electron chi connectivity index (χ1n) is 10.3. The van der Waals surface area contributed by atoms with Gasteiger partial charge in [0.05, 0.1) is 5.69 Å². The van der Waals surface area contributed by atoms with Gasteiger partial charge in [-0.1, -0.05) is 32.9 Å². The first-order chi connectivity index (χ1) is 14.7. The van der Waals surface area contributed by atoms with Crippen molar-refractivity contribution in [3.8, 4) is 0 Å². The Balaban J connectivity index is 0.000000861. The number of primary amides is 1. The molecule has 0 radical (unpaired) electrons. The number of anilines is 3. The number of benzene rings is 1. The van der Waals surface area contributed by atoms with Crippen molar-refractivity contribution in [2.75, 3.05) is 37.9 Å². The van der Waals surface area contributed by atoms with Crippen molar-refractivity contribution < 1.29 is 9.59 Å². The molecule has 0 saturated carbocycles. The van der Waals surface area contributed by atoms with E-state index >= 15 is 0 Å². The predicted molar refractivity (Wildman–Crippen MR) is 126 cm³/mol. The number of hydrogen-bond acceptors (Lipinski definition) is 7. The van der Waals surface area contributed by atoms with Crippen molar-refractivity contribution in [3.63, 3.8) is 0 Å². The molecule has 9 nitrogen and oxygen atoms in total. The molecule has 1 aromatic carbocycles. The zero-order chi connectivity index (χ0) is 23.4. The van der Waals surface area contributed by atoms with Gasteiger partial charge in [0.15, 0.2) is 17.3 Å². The summed E-state index contributed by atoms with van der Waals surface area (Å²) >= 11 is 0. The number of nitrogens with one attached hydrogen (secondary N) is 3. The average molecular weight is 430 g/mol. The highest BCUT2D eigenvalue weighted by Gasteiger charge is 2.18. The molecule has 5 N–H and O–H groups in total. The summed E-state index contributed by atoms with van der Waals surface area (Å²) in [5, 5.41) is 8.80. The molecule has 170 valence electrons. The normalized spacial score (nSPS) is 10.2. The maximum absolute atomic E-state index is 11.8. The zero-order valence-corrected chi connectivity index (χ0v) is 19.3. The van der Waals surface area contributed by atoms with E-state index in [1.807, 2.05) is 57.2 Å². The molecule has 0 aliphatic carbocycles. The first kappa shape index (κ1) is 25.8. The van der Waals surface area contributed by atoms with E-state index in [9.17, 15) is 9.59 Å². The molecule has 0 bridgehead atoms. The van der Waals surface area contributed by atoms with E-state index in [-0.39, 0.29) is 5.69 Å². The molecule has 1 heterocycles. The van der Waals surface area contributed by atoms with Crippen LogP contribution in [0.15, 0.2) is 24.3 Å². The average Bonchev–Trinajstić information content (AvgIpc) is 2.74. The Morgan fingerprint density at radius 2 is 1.94 bits per heavy atom. The van der Waals surface area contributed by atoms with E-state index in [0.717, 1.165) is 11.3 Å². The minimum atomic E-state index is -0.633. The number of amides is 2. The molecule has 31 heavy (non-hydrogen) atoms. The first-order valence-corrected chi connectivity index (χ1v) is 10.3. The van der Waals surface area contributed by atoms with Gasteiger partial charge in [0.1, 0.15) is 0 Å². The third-order valence-corrected chi connectivity index (χ3v) is 4.35. The number of aryl methyl sites for hydroxylation is 1. The van der Waals surface area contributed by atoms with E-state index in [0.29, 0.717) is 49.2 Å². The van der Waals surface area contributed by atoms with E-state index < -0.39 is 5.91 Å². The Kier molecular flexibility index (Phi) is 11.0. The van der Waals surface area contributed by atoms with Gasteiger partial charge in [-0.05, 0) is 37.6 Å². The van der Waals surface area contributed by atoms with Crippen LogP contribution in [-0.2, 0) is 17.6 Å². The largest absolute Gasteiger partial charge is 0.364 e. The van der Waals surface area contributed by atoms with Gasteiger partial charge in [0, 0.05) is 32.4 Å². The smallest absolute Gasteiger partial charge is 0.271 e. The van der Waals surface area contributed by atoms with Gasteiger partial charge in [0.2, 0.25) is 6.41 Å². The molecule has 0 saturated heterocycles.